The number of Topliss-reactive ketones (excluding diaryl/α,β-unsaturated/α-hetero) is 1. The van der Waals surface area contributed by atoms with Crippen molar-refractivity contribution in [2.75, 3.05) is 19.8 Å². The number of hydrogen-bond acceptors (Lipinski definition) is 13. The van der Waals surface area contributed by atoms with Crippen LogP contribution in [0, 0.1) is 32.8 Å². The first-order valence-electron chi connectivity index (χ1n) is 16.2. The first-order valence-corrected chi connectivity index (χ1v) is 16.2. The molecule has 0 spiro atoms. The van der Waals surface area contributed by atoms with Crippen LogP contribution in [-0.2, 0) is 35.1 Å². The number of aliphatic hydroxyl groups excluding tert-OH is 2. The standard InChI is InChI=1S/C34H41FN2O12/c1-31-12-11-22(38)14-21(31)9-10-23-24-15-26(39)34(44,32(24,2)16-27(40)33(23,31)35)28(41)18-48-30(43)25(36)17-47-29(42)20-7-5-19(6-8-20)4-3-13-49-37(45)46/h5-9,11-12,23-27,39-40,44H,3-4,10,13-18,36H2,1-2H3/t23-,24-,25?,26+,27-,31-,32-,33-,34-/m0/s1. The van der Waals surface area contributed by atoms with Crippen LogP contribution >= 0.6 is 0 Å². The average molecular weight is 689 g/mol. The van der Waals surface area contributed by atoms with Gasteiger partial charge in [0.2, 0.25) is 5.78 Å². The Morgan fingerprint density at radius 3 is 2.49 bits per heavy atom. The Labute approximate surface area is 281 Å². The molecular formula is C34H41FN2O12. The van der Waals surface area contributed by atoms with Gasteiger partial charge in [-0.15, -0.1) is 10.1 Å². The molecule has 1 aromatic rings. The number of carbonyl (C=O) groups is 4. The lowest BCUT2D eigenvalue weighted by Gasteiger charge is -2.61. The van der Waals surface area contributed by atoms with E-state index in [-0.39, 0.29) is 43.6 Å². The number of aryl methyl sites for hydroxylation is 1. The fraction of sp³-hybridized carbons (Fsp3) is 0.588. The molecule has 15 heteroatoms. The Hall–Kier alpha value is -4.05. The zero-order valence-electron chi connectivity index (χ0n) is 27.2. The highest BCUT2D eigenvalue weighted by atomic mass is 19.1. The van der Waals surface area contributed by atoms with Crippen molar-refractivity contribution in [3.8, 4) is 0 Å². The summed E-state index contributed by atoms with van der Waals surface area (Å²) in [6, 6.07) is 4.72. The molecule has 1 unspecified atom stereocenters. The summed E-state index contributed by atoms with van der Waals surface area (Å²) in [5.74, 6) is -4.78. The smallest absolute Gasteiger partial charge is 0.338 e. The largest absolute Gasteiger partial charge is 0.460 e. The van der Waals surface area contributed by atoms with Crippen LogP contribution in [0.3, 0.4) is 0 Å². The molecule has 0 aliphatic heterocycles. The minimum absolute atomic E-state index is 0.0260. The van der Waals surface area contributed by atoms with Crippen molar-refractivity contribution in [1.82, 2.24) is 0 Å². The molecule has 2 fully saturated rings. The van der Waals surface area contributed by atoms with Crippen LogP contribution in [0.25, 0.3) is 0 Å². The first kappa shape index (κ1) is 36.2. The monoisotopic (exact) mass is 688 g/mol. The number of hydrogen-bond donors (Lipinski definition) is 4. The molecule has 0 bridgehead atoms. The average Bonchev–Trinajstić information content (AvgIpc) is 3.26. The third kappa shape index (κ3) is 6.06. The minimum atomic E-state index is -2.49. The van der Waals surface area contributed by atoms with E-state index < -0.39 is 88.2 Å². The van der Waals surface area contributed by atoms with E-state index in [0.29, 0.717) is 18.4 Å². The predicted molar refractivity (Wildman–Crippen MR) is 167 cm³/mol. The minimum Gasteiger partial charge on any atom is -0.460 e. The van der Waals surface area contributed by atoms with Gasteiger partial charge in [-0.05, 0) is 68.7 Å². The fourth-order valence-corrected chi connectivity index (χ4v) is 8.53. The molecule has 2 saturated carbocycles. The number of rotatable bonds is 12. The summed E-state index contributed by atoms with van der Waals surface area (Å²) in [5.41, 5.74) is -0.180. The maximum atomic E-state index is 17.3. The van der Waals surface area contributed by atoms with Gasteiger partial charge in [-0.2, -0.15) is 0 Å². The van der Waals surface area contributed by atoms with E-state index in [2.05, 4.69) is 4.84 Å². The summed E-state index contributed by atoms with van der Waals surface area (Å²) in [4.78, 5) is 65.2. The summed E-state index contributed by atoms with van der Waals surface area (Å²) in [7, 11) is 0. The lowest BCUT2D eigenvalue weighted by Crippen LogP contribution is -2.69. The molecule has 5 rings (SSSR count). The quantitative estimate of drug-likeness (QED) is 0.0804. The predicted octanol–water partition coefficient (Wildman–Crippen LogP) is 1.50. The van der Waals surface area contributed by atoms with Gasteiger partial charge in [0.25, 0.3) is 5.09 Å². The number of alkyl halides is 1. The van der Waals surface area contributed by atoms with E-state index in [9.17, 15) is 44.6 Å². The molecule has 0 saturated heterocycles. The molecule has 4 aliphatic rings. The first-order chi connectivity index (χ1) is 23.0. The van der Waals surface area contributed by atoms with Crippen LogP contribution in [0.4, 0.5) is 4.39 Å². The zero-order valence-corrected chi connectivity index (χ0v) is 27.2. The molecule has 0 radical (unpaired) electrons. The molecule has 266 valence electrons. The van der Waals surface area contributed by atoms with Crippen molar-refractivity contribution in [2.45, 2.75) is 81.9 Å². The lowest BCUT2D eigenvalue weighted by molar-refractivity contribution is -0.757. The Morgan fingerprint density at radius 2 is 1.82 bits per heavy atom. The number of nitrogens with two attached hydrogens (primary N) is 1. The maximum absolute atomic E-state index is 17.3. The molecule has 0 aromatic heterocycles. The van der Waals surface area contributed by atoms with Crippen molar-refractivity contribution in [1.29, 1.82) is 0 Å². The van der Waals surface area contributed by atoms with Gasteiger partial charge >= 0.3 is 11.9 Å². The van der Waals surface area contributed by atoms with E-state index >= 15 is 4.39 Å². The number of ketones is 2. The second-order valence-electron chi connectivity index (χ2n) is 13.9. The third-order valence-corrected chi connectivity index (χ3v) is 11.3. The summed E-state index contributed by atoms with van der Waals surface area (Å²) < 4.78 is 27.5. The van der Waals surface area contributed by atoms with Crippen molar-refractivity contribution >= 4 is 23.5 Å². The number of esters is 2. The Bertz CT molecular complexity index is 1580. The molecule has 0 amide bonds. The van der Waals surface area contributed by atoms with E-state index in [1.165, 1.54) is 31.2 Å². The molecule has 9 atom stereocenters. The van der Waals surface area contributed by atoms with Gasteiger partial charge in [0.05, 0.1) is 24.4 Å². The van der Waals surface area contributed by atoms with Crippen molar-refractivity contribution in [2.24, 2.45) is 28.4 Å². The van der Waals surface area contributed by atoms with Crippen LogP contribution in [0.1, 0.15) is 61.9 Å². The van der Waals surface area contributed by atoms with E-state index in [1.54, 1.807) is 25.1 Å². The SMILES string of the molecule is C[C@]12C=CC(=O)CC1=CC[C@H]1[C@@H]3C[C@@H](O)[C@](O)(C(=O)COC(=O)C(N)COC(=O)c4ccc(CCCO[N+](=O)[O-])cc4)[C@@]3(C)C[C@H](O)[C@@]12F. The van der Waals surface area contributed by atoms with Gasteiger partial charge in [-0.25, -0.2) is 9.18 Å². The number of halogens is 1. The second kappa shape index (κ2) is 13.3. The molecule has 49 heavy (non-hydrogen) atoms. The molecule has 4 aliphatic carbocycles. The Morgan fingerprint density at radius 1 is 1.12 bits per heavy atom. The summed E-state index contributed by atoms with van der Waals surface area (Å²) in [5, 5.41) is 43.7. The topological polar surface area (TPSA) is 226 Å². The van der Waals surface area contributed by atoms with Gasteiger partial charge in [0.1, 0.15) is 12.6 Å². The molecular weight excluding hydrogens is 647 g/mol. The maximum Gasteiger partial charge on any atom is 0.338 e. The van der Waals surface area contributed by atoms with E-state index in [0.717, 1.165) is 5.56 Å². The highest BCUT2D eigenvalue weighted by molar-refractivity contribution is 5.94. The Balaban J connectivity index is 1.18. The van der Waals surface area contributed by atoms with Crippen LogP contribution in [-0.4, -0.2) is 93.3 Å². The Kier molecular flexibility index (Phi) is 9.87. The number of ether oxygens (including phenoxy) is 2. The molecule has 14 nitrogen and oxygen atoms in total. The van der Waals surface area contributed by atoms with Gasteiger partial charge < -0.3 is 35.4 Å². The zero-order chi connectivity index (χ0) is 35.9. The van der Waals surface area contributed by atoms with Gasteiger partial charge in [-0.3, -0.25) is 14.4 Å². The van der Waals surface area contributed by atoms with E-state index in [4.69, 9.17) is 15.2 Å². The van der Waals surface area contributed by atoms with Crippen LogP contribution in [0.15, 0.2) is 48.1 Å². The molecule has 0 heterocycles. The van der Waals surface area contributed by atoms with Crippen molar-refractivity contribution in [3.63, 3.8) is 0 Å². The highest BCUT2D eigenvalue weighted by Crippen LogP contribution is 2.69. The van der Waals surface area contributed by atoms with Gasteiger partial charge in [-0.1, -0.05) is 36.8 Å². The van der Waals surface area contributed by atoms with Crippen LogP contribution in [0.2, 0.25) is 0 Å². The van der Waals surface area contributed by atoms with Gasteiger partial charge in [0, 0.05) is 23.2 Å². The number of allylic oxidation sites excluding steroid dienone is 4. The number of fused-ring (bicyclic) bond motifs is 5. The van der Waals surface area contributed by atoms with Crippen molar-refractivity contribution in [3.05, 3.63) is 69.3 Å². The highest BCUT2D eigenvalue weighted by Gasteiger charge is 2.76. The molecule has 1 aromatic carbocycles. The number of carbonyl (C=O) groups excluding carboxylic acids is 4. The summed E-state index contributed by atoms with van der Waals surface area (Å²) in [6.07, 6.45) is 1.74. The lowest BCUT2D eigenvalue weighted by atomic mass is 9.45. The second-order valence-corrected chi connectivity index (χ2v) is 13.9. The van der Waals surface area contributed by atoms with Crippen molar-refractivity contribution < 1.29 is 58.3 Å². The summed E-state index contributed by atoms with van der Waals surface area (Å²) >= 11 is 0. The van der Waals surface area contributed by atoms with Crippen LogP contribution < -0.4 is 5.73 Å². The molecule has 5 N–H and O–H groups in total. The van der Waals surface area contributed by atoms with E-state index in [1.807, 2.05) is 0 Å². The van der Waals surface area contributed by atoms with Gasteiger partial charge in [0.15, 0.2) is 23.7 Å². The fourth-order valence-electron chi connectivity index (χ4n) is 8.53. The summed E-state index contributed by atoms with van der Waals surface area (Å²) in [6.45, 7) is 1.49. The number of aliphatic hydroxyl groups is 3. The van der Waals surface area contributed by atoms with Crippen LogP contribution in [0.5, 0.6) is 0 Å². The third-order valence-electron chi connectivity index (χ3n) is 11.3. The number of nitrogens with zero attached hydrogens (tertiary/aromatic N) is 1. The normalized spacial score (nSPS) is 35.2. The number of benzene rings is 1.